The Labute approximate surface area is 84.9 Å². The van der Waals surface area contributed by atoms with Crippen molar-refractivity contribution in [3.05, 3.63) is 29.8 Å². The van der Waals surface area contributed by atoms with Crippen molar-refractivity contribution in [1.29, 1.82) is 0 Å². The molecule has 0 bridgehead atoms. The Morgan fingerprint density at radius 2 is 2.00 bits per heavy atom. The van der Waals surface area contributed by atoms with E-state index in [0.717, 1.165) is 0 Å². The molecular weight excluding hydrogens is 178 g/mol. The van der Waals surface area contributed by atoms with Gasteiger partial charge < -0.3 is 5.32 Å². The summed E-state index contributed by atoms with van der Waals surface area (Å²) >= 11 is 1.85. The molecule has 2 heteroatoms. The van der Waals surface area contributed by atoms with Gasteiger partial charge in [-0.05, 0) is 40.0 Å². The predicted molar refractivity (Wildman–Crippen MR) is 60.2 cm³/mol. The zero-order chi connectivity index (χ0) is 9.90. The molecular formula is C11H17NS. The van der Waals surface area contributed by atoms with Crippen LogP contribution in [0.1, 0.15) is 19.4 Å². The molecule has 0 spiro atoms. The van der Waals surface area contributed by atoms with Crippen LogP contribution in [0.25, 0.3) is 0 Å². The van der Waals surface area contributed by atoms with E-state index in [4.69, 9.17) is 0 Å². The van der Waals surface area contributed by atoms with Crippen LogP contribution in [0.2, 0.25) is 0 Å². The summed E-state index contributed by atoms with van der Waals surface area (Å²) in [6, 6.07) is 8.58. The first-order valence-corrected chi connectivity index (χ1v) is 5.30. The minimum Gasteiger partial charge on any atom is -0.306 e. The second-order valence-corrected chi connectivity index (χ2v) is 5.38. The topological polar surface area (TPSA) is 12.0 Å². The fourth-order valence-electron chi connectivity index (χ4n) is 1.02. The van der Waals surface area contributed by atoms with Crippen molar-refractivity contribution >= 4 is 11.8 Å². The minimum absolute atomic E-state index is 0.105. The van der Waals surface area contributed by atoms with Crippen LogP contribution in [-0.2, 0) is 0 Å². The number of nitrogens with one attached hydrogen (secondary N) is 1. The molecule has 1 aromatic rings. The van der Waals surface area contributed by atoms with E-state index >= 15 is 0 Å². The number of rotatable bonds is 3. The van der Waals surface area contributed by atoms with Gasteiger partial charge in [-0.15, -0.1) is 11.8 Å². The maximum atomic E-state index is 3.27. The minimum atomic E-state index is 0.105. The molecule has 1 rings (SSSR count). The summed E-state index contributed by atoms with van der Waals surface area (Å²) in [6.45, 7) is 6.48. The van der Waals surface area contributed by atoms with E-state index in [1.54, 1.807) is 0 Å². The SMILES string of the molecule is CNC(C)(C)Sc1cccc(C)c1. The number of thioether (sulfide) groups is 1. The Morgan fingerprint density at radius 3 is 2.54 bits per heavy atom. The molecule has 0 fully saturated rings. The molecule has 0 heterocycles. The van der Waals surface area contributed by atoms with Crippen LogP contribution in [0.3, 0.4) is 0 Å². The molecule has 1 N–H and O–H groups in total. The highest BCUT2D eigenvalue weighted by Gasteiger charge is 2.15. The van der Waals surface area contributed by atoms with Crippen molar-refractivity contribution < 1.29 is 0 Å². The third-order valence-electron chi connectivity index (χ3n) is 1.96. The lowest BCUT2D eigenvalue weighted by Gasteiger charge is -2.23. The monoisotopic (exact) mass is 195 g/mol. The molecule has 0 aliphatic carbocycles. The molecule has 0 saturated carbocycles. The third kappa shape index (κ3) is 3.41. The van der Waals surface area contributed by atoms with Gasteiger partial charge in [0.2, 0.25) is 0 Å². The average Bonchev–Trinajstić information content (AvgIpc) is 2.03. The Kier molecular flexibility index (Phi) is 3.40. The maximum absolute atomic E-state index is 3.27. The van der Waals surface area contributed by atoms with Gasteiger partial charge in [-0.3, -0.25) is 0 Å². The largest absolute Gasteiger partial charge is 0.306 e. The first kappa shape index (κ1) is 10.6. The van der Waals surface area contributed by atoms with E-state index in [0.29, 0.717) is 0 Å². The number of aryl methyl sites for hydroxylation is 1. The molecule has 1 nitrogen and oxygen atoms in total. The molecule has 0 aliphatic rings. The summed E-state index contributed by atoms with van der Waals surface area (Å²) in [5.41, 5.74) is 1.32. The van der Waals surface area contributed by atoms with Gasteiger partial charge in [0, 0.05) is 4.90 Å². The predicted octanol–water partition coefficient (Wildman–Crippen LogP) is 3.04. The van der Waals surface area contributed by atoms with E-state index in [1.807, 2.05) is 18.8 Å². The number of benzene rings is 1. The smallest absolute Gasteiger partial charge is 0.0632 e. The summed E-state index contributed by atoms with van der Waals surface area (Å²) in [5.74, 6) is 0. The number of hydrogen-bond donors (Lipinski definition) is 1. The Balaban J connectivity index is 2.74. The van der Waals surface area contributed by atoms with Crippen molar-refractivity contribution in [2.45, 2.75) is 30.5 Å². The molecule has 0 aromatic heterocycles. The summed E-state index contributed by atoms with van der Waals surface area (Å²) < 4.78 is 0. The highest BCUT2D eigenvalue weighted by Crippen LogP contribution is 2.29. The van der Waals surface area contributed by atoms with E-state index in [9.17, 15) is 0 Å². The normalized spacial score (nSPS) is 11.7. The second-order valence-electron chi connectivity index (χ2n) is 3.68. The lowest BCUT2D eigenvalue weighted by molar-refractivity contribution is 0.609. The zero-order valence-corrected chi connectivity index (χ0v) is 9.53. The summed E-state index contributed by atoms with van der Waals surface area (Å²) in [4.78, 5) is 1.42. The highest BCUT2D eigenvalue weighted by atomic mass is 32.2. The lowest BCUT2D eigenvalue weighted by Crippen LogP contribution is -2.31. The van der Waals surface area contributed by atoms with Gasteiger partial charge in [0.15, 0.2) is 0 Å². The van der Waals surface area contributed by atoms with Gasteiger partial charge in [0.25, 0.3) is 0 Å². The van der Waals surface area contributed by atoms with E-state index < -0.39 is 0 Å². The van der Waals surface area contributed by atoms with Crippen molar-refractivity contribution in [3.63, 3.8) is 0 Å². The molecule has 0 saturated heterocycles. The summed E-state index contributed by atoms with van der Waals surface area (Å²) in [5, 5.41) is 3.27. The van der Waals surface area contributed by atoms with Gasteiger partial charge in [0.05, 0.1) is 4.87 Å². The lowest BCUT2D eigenvalue weighted by atomic mass is 10.2. The fourth-order valence-corrected chi connectivity index (χ4v) is 2.11. The van der Waals surface area contributed by atoms with Crippen molar-refractivity contribution in [3.8, 4) is 0 Å². The molecule has 0 radical (unpaired) electrons. The van der Waals surface area contributed by atoms with Crippen molar-refractivity contribution in [2.24, 2.45) is 0 Å². The average molecular weight is 195 g/mol. The second kappa shape index (κ2) is 4.16. The third-order valence-corrected chi connectivity index (χ3v) is 3.17. The van der Waals surface area contributed by atoms with Gasteiger partial charge in [-0.1, -0.05) is 17.7 Å². The molecule has 0 aliphatic heterocycles. The van der Waals surface area contributed by atoms with Gasteiger partial charge in [-0.25, -0.2) is 0 Å². The molecule has 0 unspecified atom stereocenters. The first-order valence-electron chi connectivity index (χ1n) is 4.48. The van der Waals surface area contributed by atoms with Crippen LogP contribution in [0.5, 0.6) is 0 Å². The Hall–Kier alpha value is -0.470. The van der Waals surface area contributed by atoms with Crippen LogP contribution in [-0.4, -0.2) is 11.9 Å². The fraction of sp³-hybridized carbons (Fsp3) is 0.455. The molecule has 72 valence electrons. The highest BCUT2D eigenvalue weighted by molar-refractivity contribution is 8.00. The van der Waals surface area contributed by atoms with E-state index in [1.165, 1.54) is 10.5 Å². The Bertz CT molecular complexity index is 281. The maximum Gasteiger partial charge on any atom is 0.0632 e. The standard InChI is InChI=1S/C11H17NS/c1-9-6-5-7-10(8-9)13-11(2,3)12-4/h5-8,12H,1-4H3. The Morgan fingerprint density at radius 1 is 1.31 bits per heavy atom. The number of hydrogen-bond acceptors (Lipinski definition) is 2. The van der Waals surface area contributed by atoms with Gasteiger partial charge >= 0.3 is 0 Å². The van der Waals surface area contributed by atoms with E-state index in [-0.39, 0.29) is 4.87 Å². The quantitative estimate of drug-likeness (QED) is 0.587. The van der Waals surface area contributed by atoms with Crippen molar-refractivity contribution in [2.75, 3.05) is 7.05 Å². The van der Waals surface area contributed by atoms with Crippen LogP contribution in [0.15, 0.2) is 29.2 Å². The van der Waals surface area contributed by atoms with Gasteiger partial charge in [-0.2, -0.15) is 0 Å². The zero-order valence-electron chi connectivity index (χ0n) is 8.72. The van der Waals surface area contributed by atoms with Gasteiger partial charge in [0.1, 0.15) is 0 Å². The molecule has 1 aromatic carbocycles. The van der Waals surface area contributed by atoms with Crippen LogP contribution < -0.4 is 5.32 Å². The van der Waals surface area contributed by atoms with Crippen LogP contribution in [0, 0.1) is 6.92 Å². The first-order chi connectivity index (χ1) is 6.03. The van der Waals surface area contributed by atoms with Crippen LogP contribution in [0.4, 0.5) is 0 Å². The van der Waals surface area contributed by atoms with Crippen molar-refractivity contribution in [1.82, 2.24) is 5.32 Å². The van der Waals surface area contributed by atoms with E-state index in [2.05, 4.69) is 50.4 Å². The molecule has 13 heavy (non-hydrogen) atoms. The van der Waals surface area contributed by atoms with Crippen LogP contribution >= 0.6 is 11.8 Å². The molecule has 0 amide bonds. The summed E-state index contributed by atoms with van der Waals surface area (Å²) in [6.07, 6.45) is 0. The molecule has 0 atom stereocenters. The summed E-state index contributed by atoms with van der Waals surface area (Å²) in [7, 11) is 1.99.